The Morgan fingerprint density at radius 3 is 1.93 bits per heavy atom. The molecule has 0 saturated heterocycles. The number of thioether (sulfide) groups is 1. The van der Waals surface area contributed by atoms with E-state index in [-0.39, 0.29) is 24.7 Å². The molecule has 342 valence electrons. The summed E-state index contributed by atoms with van der Waals surface area (Å²) in [6.45, 7) is 3.51. The van der Waals surface area contributed by atoms with E-state index in [1.54, 1.807) is 35.2 Å². The molecular weight excluding hydrogens is 897 g/mol. The molecule has 0 radical (unpaired) electrons. The van der Waals surface area contributed by atoms with Crippen LogP contribution in [-0.2, 0) is 6.54 Å². The van der Waals surface area contributed by atoms with Crippen LogP contribution in [0.3, 0.4) is 0 Å². The molecule has 0 fully saturated rings. The fraction of sp³-hybridized carbons (Fsp3) is 0.175. The first-order chi connectivity index (χ1) is 33.7. The summed E-state index contributed by atoms with van der Waals surface area (Å²) in [6.07, 6.45) is 10.4. The van der Waals surface area contributed by atoms with Gasteiger partial charge in [-0.2, -0.15) is 4.57 Å². The number of carbonyl (C=O) groups excluding carboxylic acids is 2. The van der Waals surface area contributed by atoms with Gasteiger partial charge in [0.15, 0.2) is 6.54 Å². The number of imidazole rings is 2. The summed E-state index contributed by atoms with van der Waals surface area (Å²) in [6, 6.07) is 48.6. The number of para-hydroxylation sites is 4. The zero-order valence-corrected chi connectivity index (χ0v) is 39.7. The number of aryl methyl sites for hydroxylation is 1. The molecule has 4 heterocycles. The van der Waals surface area contributed by atoms with Crippen molar-refractivity contribution in [2.24, 2.45) is 5.92 Å². The van der Waals surface area contributed by atoms with Crippen LogP contribution in [0.15, 0.2) is 188 Å². The minimum Gasteiger partial charge on any atom is -0.335 e. The number of hydrogen-bond acceptors (Lipinski definition) is 7. The average Bonchev–Trinajstić information content (AvgIpc) is 4.10. The third kappa shape index (κ3) is 8.89. The first kappa shape index (κ1) is 44.0. The number of benzene rings is 6. The molecule has 9 aromatic rings. The van der Waals surface area contributed by atoms with Gasteiger partial charge in [-0.15, -0.1) is 0 Å². The fourth-order valence-corrected chi connectivity index (χ4v) is 12.1. The van der Waals surface area contributed by atoms with E-state index in [4.69, 9.17) is 0 Å². The van der Waals surface area contributed by atoms with Gasteiger partial charge in [-0.3, -0.25) is 9.59 Å². The van der Waals surface area contributed by atoms with Crippen LogP contribution < -0.4 is 20.8 Å². The molecule has 2 N–H and O–H groups in total. The number of H-pyrrole nitrogens is 2. The Hall–Kier alpha value is -7.54. The van der Waals surface area contributed by atoms with Gasteiger partial charge < -0.3 is 14.9 Å². The van der Waals surface area contributed by atoms with E-state index >= 15 is 0 Å². The zero-order chi connectivity index (χ0) is 47.0. The van der Waals surface area contributed by atoms with E-state index in [9.17, 15) is 19.2 Å². The number of hydrogen-bond donors (Lipinski definition) is 2. The van der Waals surface area contributed by atoms with Crippen LogP contribution in [0.2, 0.25) is 0 Å². The van der Waals surface area contributed by atoms with Gasteiger partial charge in [-0.05, 0) is 107 Å². The van der Waals surface area contributed by atoms with Gasteiger partial charge in [0, 0.05) is 42.8 Å². The van der Waals surface area contributed by atoms with E-state index in [1.165, 1.54) is 20.3 Å². The summed E-state index contributed by atoms with van der Waals surface area (Å²) in [5, 5.41) is 2.21. The third-order valence-corrected chi connectivity index (χ3v) is 15.3. The monoisotopic (exact) mass is 945 g/mol. The van der Waals surface area contributed by atoms with Crippen molar-refractivity contribution in [2.45, 2.75) is 56.9 Å². The lowest BCUT2D eigenvalue weighted by Gasteiger charge is -2.23. The van der Waals surface area contributed by atoms with E-state index in [2.05, 4.69) is 130 Å². The van der Waals surface area contributed by atoms with E-state index < -0.39 is 11.4 Å². The van der Waals surface area contributed by atoms with Crippen molar-refractivity contribution in [1.29, 1.82) is 0 Å². The maximum atomic E-state index is 13.6. The van der Waals surface area contributed by atoms with Gasteiger partial charge >= 0.3 is 11.4 Å². The van der Waals surface area contributed by atoms with Crippen molar-refractivity contribution < 1.29 is 14.2 Å². The van der Waals surface area contributed by atoms with Crippen molar-refractivity contribution in [2.75, 3.05) is 11.4 Å². The standard InChI is InChI=1S/C57H48N6O4S2/c1-37-30-38(33-54-60(48-35-42(24-26-50(48)68-54)40-14-4-2-5-15-40)28-12-22-52(64)62-46-20-10-8-18-44(46)58-56(62)66)32-39(31-37)34-55-61(49-36-43(25-27-51(49)69-55)41-16-6-3-7-17-41)29-13-23-53(65)63-47-21-11-9-19-45(47)59-57(63)67/h2-11,14-21,24-27,32-37H,12-13,22-23,28-31H2,1H3,(H-,58,59,66,67)/p+1. The smallest absolute Gasteiger partial charge is 0.333 e. The van der Waals surface area contributed by atoms with Crippen LogP contribution in [0.5, 0.6) is 0 Å². The Balaban J connectivity index is 0.909. The molecule has 1 aliphatic heterocycles. The second kappa shape index (κ2) is 18.9. The van der Waals surface area contributed by atoms with Gasteiger partial charge in [0.25, 0.3) is 5.01 Å². The molecule has 1 atom stereocenters. The quantitative estimate of drug-likeness (QED) is 0.118. The van der Waals surface area contributed by atoms with Gasteiger partial charge in [0.1, 0.15) is 4.70 Å². The molecule has 12 heteroatoms. The summed E-state index contributed by atoms with van der Waals surface area (Å²) in [5.74, 6) is -0.0534. The second-order valence-electron chi connectivity index (χ2n) is 17.9. The highest BCUT2D eigenvalue weighted by atomic mass is 32.2. The Bertz CT molecular complexity index is 3670. The number of rotatable bonds is 12. The van der Waals surface area contributed by atoms with Crippen LogP contribution in [0, 0.1) is 5.92 Å². The lowest BCUT2D eigenvalue weighted by atomic mass is 9.87. The third-order valence-electron chi connectivity index (χ3n) is 13.1. The summed E-state index contributed by atoms with van der Waals surface area (Å²) in [4.78, 5) is 62.2. The van der Waals surface area contributed by atoms with E-state index in [0.29, 0.717) is 53.9 Å². The molecular formula is C57H49N6O4S2+. The highest BCUT2D eigenvalue weighted by Crippen LogP contribution is 2.48. The lowest BCUT2D eigenvalue weighted by Crippen LogP contribution is -2.36. The van der Waals surface area contributed by atoms with Gasteiger partial charge in [-0.1, -0.05) is 133 Å². The number of nitrogens with one attached hydrogen (secondary N) is 2. The predicted octanol–water partition coefficient (Wildman–Crippen LogP) is 12.2. The summed E-state index contributed by atoms with van der Waals surface area (Å²) < 4.78 is 6.04. The van der Waals surface area contributed by atoms with Crippen molar-refractivity contribution in [3.05, 3.63) is 200 Å². The van der Waals surface area contributed by atoms with Crippen molar-refractivity contribution in [1.82, 2.24) is 19.1 Å². The molecule has 11 rings (SSSR count). The fourth-order valence-electron chi connectivity index (χ4n) is 9.86. The van der Waals surface area contributed by atoms with Gasteiger partial charge in [0.2, 0.25) is 17.3 Å². The SMILES string of the molecule is CC1CC(C=C2Sc3ccc(-c4ccccc4)cc3N2CCCC(=O)n2c(=O)[nH]c3ccccc32)=CC(=Cc2sc3ccc(-c4ccccc4)cc3[n+]2CCCC(=O)n2c(=O)[nH]c3ccccc32)C1. The molecule has 6 aromatic carbocycles. The maximum absolute atomic E-state index is 13.6. The Labute approximate surface area is 406 Å². The molecule has 3 aromatic heterocycles. The van der Waals surface area contributed by atoms with Gasteiger partial charge in [0.05, 0.1) is 32.8 Å². The number of nitrogens with zero attached hydrogens (tertiary/aromatic N) is 4. The predicted molar refractivity (Wildman–Crippen MR) is 280 cm³/mol. The Kier molecular flexibility index (Phi) is 12.0. The first-order valence-electron chi connectivity index (χ1n) is 23.5. The van der Waals surface area contributed by atoms with Crippen molar-refractivity contribution in [3.8, 4) is 22.3 Å². The van der Waals surface area contributed by atoms with Crippen molar-refractivity contribution >= 4 is 79.0 Å². The number of aromatic amines is 2. The number of aromatic nitrogens is 5. The van der Waals surface area contributed by atoms with Crippen LogP contribution in [0.1, 0.15) is 60.0 Å². The summed E-state index contributed by atoms with van der Waals surface area (Å²) >= 11 is 3.51. The molecule has 0 amide bonds. The molecule has 10 nitrogen and oxygen atoms in total. The minimum atomic E-state index is -0.411. The number of carbonyl (C=O) groups is 2. The van der Waals surface area contributed by atoms with Crippen molar-refractivity contribution in [3.63, 3.8) is 0 Å². The normalized spacial score (nSPS) is 16.0. The number of anilines is 1. The Morgan fingerprint density at radius 1 is 0.667 bits per heavy atom. The van der Waals surface area contributed by atoms with Gasteiger partial charge in [-0.25, -0.2) is 18.7 Å². The maximum Gasteiger partial charge on any atom is 0.333 e. The molecule has 69 heavy (non-hydrogen) atoms. The molecule has 1 aliphatic carbocycles. The largest absolute Gasteiger partial charge is 0.335 e. The molecule has 0 bridgehead atoms. The number of allylic oxidation sites excluding steroid dienone is 4. The number of fused-ring (bicyclic) bond motifs is 4. The molecule has 0 saturated carbocycles. The highest BCUT2D eigenvalue weighted by Gasteiger charge is 2.28. The van der Waals surface area contributed by atoms with E-state index in [0.717, 1.165) is 65.9 Å². The molecule has 2 aliphatic rings. The minimum absolute atomic E-state index is 0.217. The van der Waals surface area contributed by atoms with Crippen LogP contribution in [0.4, 0.5) is 5.69 Å². The van der Waals surface area contributed by atoms with Crippen LogP contribution in [-0.4, -0.2) is 37.5 Å². The van der Waals surface area contributed by atoms with E-state index in [1.807, 2.05) is 48.5 Å². The summed E-state index contributed by atoms with van der Waals surface area (Å²) in [5.41, 5.74) is 10.9. The molecule has 1 unspecified atom stereocenters. The second-order valence-corrected chi connectivity index (χ2v) is 20.1. The molecule has 0 spiro atoms. The summed E-state index contributed by atoms with van der Waals surface area (Å²) in [7, 11) is 0. The first-order valence-corrected chi connectivity index (χ1v) is 25.1. The highest BCUT2D eigenvalue weighted by molar-refractivity contribution is 8.03. The van der Waals surface area contributed by atoms with Crippen LogP contribution >= 0.6 is 23.1 Å². The van der Waals surface area contributed by atoms with Crippen LogP contribution in [0.25, 0.3) is 60.6 Å². The Morgan fingerprint density at radius 2 is 1.26 bits per heavy atom. The zero-order valence-electron chi connectivity index (χ0n) is 38.1. The lowest BCUT2D eigenvalue weighted by molar-refractivity contribution is -0.669. The number of thiazole rings is 1. The average molecular weight is 946 g/mol. The topological polar surface area (TPSA) is 117 Å².